The van der Waals surface area contributed by atoms with E-state index in [1.54, 1.807) is 31.2 Å². The Morgan fingerprint density at radius 2 is 1.81 bits per heavy atom. The molecule has 0 unspecified atom stereocenters. The van der Waals surface area contributed by atoms with Crippen molar-refractivity contribution in [1.82, 2.24) is 10.9 Å². The van der Waals surface area contributed by atoms with Gasteiger partial charge in [-0.3, -0.25) is 15.6 Å². The van der Waals surface area contributed by atoms with Crippen molar-refractivity contribution in [1.29, 1.82) is 0 Å². The van der Waals surface area contributed by atoms with Gasteiger partial charge in [-0.15, -0.1) is 0 Å². The van der Waals surface area contributed by atoms with Gasteiger partial charge in [-0.2, -0.15) is 0 Å². The monoisotopic (exact) mass is 395 g/mol. The number of para-hydroxylation sites is 1. The summed E-state index contributed by atoms with van der Waals surface area (Å²) >= 11 is 11.0. The normalized spacial score (nSPS) is 11.4. The van der Waals surface area contributed by atoms with Crippen molar-refractivity contribution in [2.24, 2.45) is 0 Å². The first-order chi connectivity index (χ1) is 12.3. The lowest BCUT2D eigenvalue weighted by Crippen LogP contribution is -2.48. The highest BCUT2D eigenvalue weighted by atomic mass is 35.5. The van der Waals surface area contributed by atoms with E-state index in [9.17, 15) is 9.18 Å². The Morgan fingerprint density at radius 3 is 2.42 bits per heavy atom. The zero-order chi connectivity index (χ0) is 19.3. The average Bonchev–Trinajstić information content (AvgIpc) is 2.57. The second-order valence-electron chi connectivity index (χ2n) is 5.68. The number of rotatable bonds is 4. The van der Waals surface area contributed by atoms with Crippen molar-refractivity contribution in [3.63, 3.8) is 0 Å². The summed E-state index contributed by atoms with van der Waals surface area (Å²) in [6, 6.07) is 9.59. The number of thiocarbonyl (C=S) groups is 1. The van der Waals surface area contributed by atoms with Gasteiger partial charge in [0, 0.05) is 5.02 Å². The highest BCUT2D eigenvalue weighted by Gasteiger charge is 2.17. The molecule has 3 N–H and O–H groups in total. The van der Waals surface area contributed by atoms with Crippen molar-refractivity contribution in [2.45, 2.75) is 26.9 Å². The van der Waals surface area contributed by atoms with Crippen LogP contribution in [-0.2, 0) is 4.79 Å². The molecule has 0 aliphatic heterocycles. The molecule has 0 aromatic heterocycles. The highest BCUT2D eigenvalue weighted by Crippen LogP contribution is 2.27. The lowest BCUT2D eigenvalue weighted by molar-refractivity contribution is -0.127. The first kappa shape index (κ1) is 19.9. The number of anilines is 1. The van der Waals surface area contributed by atoms with Crippen LogP contribution in [0.15, 0.2) is 36.4 Å². The Kier molecular flexibility index (Phi) is 6.76. The van der Waals surface area contributed by atoms with Gasteiger partial charge in [-0.1, -0.05) is 23.7 Å². The van der Waals surface area contributed by atoms with Crippen molar-refractivity contribution in [3.8, 4) is 5.75 Å². The number of carbonyl (C=O) groups is 1. The van der Waals surface area contributed by atoms with E-state index in [4.69, 9.17) is 28.6 Å². The van der Waals surface area contributed by atoms with Crippen LogP contribution in [0.3, 0.4) is 0 Å². The lowest BCUT2D eigenvalue weighted by atomic mass is 10.1. The summed E-state index contributed by atoms with van der Waals surface area (Å²) in [4.78, 5) is 12.2. The van der Waals surface area contributed by atoms with E-state index >= 15 is 0 Å². The Hall–Kier alpha value is -2.38. The molecule has 1 amide bonds. The Bertz CT molecular complexity index is 809. The number of hydrogen-bond acceptors (Lipinski definition) is 3. The number of ether oxygens (including phenoxy) is 1. The molecule has 2 rings (SSSR count). The van der Waals surface area contributed by atoms with Crippen LogP contribution in [-0.4, -0.2) is 17.1 Å². The lowest BCUT2D eigenvalue weighted by Gasteiger charge is -2.19. The van der Waals surface area contributed by atoms with Gasteiger partial charge < -0.3 is 10.1 Å². The van der Waals surface area contributed by atoms with E-state index < -0.39 is 17.8 Å². The Balaban J connectivity index is 1.89. The number of aryl methyl sites for hydroxylation is 2. The second-order valence-corrected chi connectivity index (χ2v) is 6.52. The molecular weight excluding hydrogens is 377 g/mol. The van der Waals surface area contributed by atoms with E-state index in [0.29, 0.717) is 10.8 Å². The first-order valence-corrected chi connectivity index (χ1v) is 8.61. The molecular formula is C18H19ClFN3O2S. The van der Waals surface area contributed by atoms with Gasteiger partial charge in [-0.25, -0.2) is 4.39 Å². The smallest absolute Gasteiger partial charge is 0.279 e. The van der Waals surface area contributed by atoms with Gasteiger partial charge >= 0.3 is 0 Å². The summed E-state index contributed by atoms with van der Waals surface area (Å²) in [7, 11) is 0. The molecule has 0 aliphatic carbocycles. The number of nitrogens with one attached hydrogen (secondary N) is 3. The van der Waals surface area contributed by atoms with Gasteiger partial charge in [0.25, 0.3) is 5.91 Å². The summed E-state index contributed by atoms with van der Waals surface area (Å²) in [5.74, 6) is -0.283. The van der Waals surface area contributed by atoms with Crippen LogP contribution in [0, 0.1) is 19.7 Å². The van der Waals surface area contributed by atoms with Crippen LogP contribution in [0.4, 0.5) is 10.1 Å². The number of amides is 1. The molecule has 0 saturated carbocycles. The Morgan fingerprint density at radius 1 is 1.19 bits per heavy atom. The van der Waals surface area contributed by atoms with Crippen LogP contribution in [0.5, 0.6) is 5.75 Å². The molecule has 2 aromatic rings. The minimum Gasteiger partial charge on any atom is -0.480 e. The van der Waals surface area contributed by atoms with Crippen molar-refractivity contribution >= 4 is 40.5 Å². The minimum absolute atomic E-state index is 0.0505. The van der Waals surface area contributed by atoms with E-state index in [1.165, 1.54) is 12.1 Å². The Labute approximate surface area is 161 Å². The van der Waals surface area contributed by atoms with Gasteiger partial charge in [-0.05, 0) is 68.4 Å². The number of carbonyl (C=O) groups excluding carboxylic acids is 1. The first-order valence-electron chi connectivity index (χ1n) is 7.82. The molecule has 5 nitrogen and oxygen atoms in total. The number of halogens is 2. The fraction of sp³-hybridized carbons (Fsp3) is 0.222. The third-order valence-electron chi connectivity index (χ3n) is 3.51. The van der Waals surface area contributed by atoms with Crippen LogP contribution in [0.2, 0.25) is 5.02 Å². The molecule has 0 heterocycles. The number of hydrazine groups is 1. The molecule has 0 saturated heterocycles. The fourth-order valence-electron chi connectivity index (χ4n) is 2.25. The predicted octanol–water partition coefficient (Wildman–Crippen LogP) is 3.88. The molecule has 138 valence electrons. The second kappa shape index (κ2) is 8.82. The molecule has 26 heavy (non-hydrogen) atoms. The quantitative estimate of drug-likeness (QED) is 0.541. The fourth-order valence-corrected chi connectivity index (χ4v) is 2.74. The van der Waals surface area contributed by atoms with Crippen LogP contribution < -0.4 is 20.9 Å². The maximum absolute atomic E-state index is 13.6. The van der Waals surface area contributed by atoms with Crippen molar-refractivity contribution in [2.75, 3.05) is 5.32 Å². The predicted molar refractivity (Wildman–Crippen MR) is 105 cm³/mol. The van der Waals surface area contributed by atoms with E-state index in [-0.39, 0.29) is 10.8 Å². The summed E-state index contributed by atoms with van der Waals surface area (Å²) in [6.45, 7) is 5.31. The maximum atomic E-state index is 13.6. The third kappa shape index (κ3) is 5.31. The van der Waals surface area contributed by atoms with E-state index in [2.05, 4.69) is 16.2 Å². The SMILES string of the molecule is Cc1cc(Cl)cc(C)c1O[C@H](C)C(=O)NNC(=S)Nc1ccccc1F. The van der Waals surface area contributed by atoms with Gasteiger partial charge in [0.2, 0.25) is 0 Å². The molecule has 2 aromatic carbocycles. The molecule has 0 fully saturated rings. The zero-order valence-corrected chi connectivity index (χ0v) is 16.1. The van der Waals surface area contributed by atoms with E-state index in [0.717, 1.165) is 11.1 Å². The number of benzene rings is 2. The average molecular weight is 396 g/mol. The molecule has 0 spiro atoms. The van der Waals surface area contributed by atoms with E-state index in [1.807, 2.05) is 13.8 Å². The van der Waals surface area contributed by atoms with Crippen molar-refractivity contribution < 1.29 is 13.9 Å². The topological polar surface area (TPSA) is 62.4 Å². The van der Waals surface area contributed by atoms with Crippen molar-refractivity contribution in [3.05, 3.63) is 58.4 Å². The summed E-state index contributed by atoms with van der Waals surface area (Å²) < 4.78 is 19.3. The summed E-state index contributed by atoms with van der Waals surface area (Å²) in [6.07, 6.45) is -0.780. The third-order valence-corrected chi connectivity index (χ3v) is 3.93. The van der Waals surface area contributed by atoms with Crippen LogP contribution >= 0.6 is 23.8 Å². The molecule has 8 heteroatoms. The van der Waals surface area contributed by atoms with Crippen LogP contribution in [0.25, 0.3) is 0 Å². The zero-order valence-electron chi connectivity index (χ0n) is 14.5. The molecule has 0 bridgehead atoms. The maximum Gasteiger partial charge on any atom is 0.279 e. The number of hydrogen-bond donors (Lipinski definition) is 3. The van der Waals surface area contributed by atoms with Gasteiger partial charge in [0.1, 0.15) is 11.6 Å². The summed E-state index contributed by atoms with van der Waals surface area (Å²) in [5.41, 5.74) is 6.81. The van der Waals surface area contributed by atoms with Gasteiger partial charge in [0.05, 0.1) is 5.69 Å². The van der Waals surface area contributed by atoms with Gasteiger partial charge in [0.15, 0.2) is 11.2 Å². The molecule has 0 aliphatic rings. The largest absolute Gasteiger partial charge is 0.480 e. The highest BCUT2D eigenvalue weighted by molar-refractivity contribution is 7.80. The summed E-state index contributed by atoms with van der Waals surface area (Å²) in [5, 5.41) is 3.31. The molecule has 0 radical (unpaired) electrons. The standard InChI is InChI=1S/C18H19ClFN3O2S/c1-10-8-13(19)9-11(2)16(10)25-12(3)17(24)22-23-18(26)21-15-7-5-4-6-14(15)20/h4-9,12H,1-3H3,(H,22,24)(H2,21,23,26)/t12-/m1/s1. The van der Waals surface area contributed by atoms with Crippen LogP contribution in [0.1, 0.15) is 18.1 Å². The minimum atomic E-state index is -0.780. The molecule has 1 atom stereocenters.